The fraction of sp³-hybridized carbons (Fsp3) is 0.882. The smallest absolute Gasteiger partial charge is 0.306 e. The van der Waals surface area contributed by atoms with E-state index in [-0.39, 0.29) is 23.8 Å². The molecule has 2 saturated carbocycles. The van der Waals surface area contributed by atoms with Crippen LogP contribution < -0.4 is 0 Å². The van der Waals surface area contributed by atoms with E-state index in [1.807, 2.05) is 4.90 Å². The minimum Gasteiger partial charge on any atom is -0.481 e. The number of hydrogen-bond donors (Lipinski definition) is 1. The van der Waals surface area contributed by atoms with Gasteiger partial charge in [0.25, 0.3) is 0 Å². The lowest BCUT2D eigenvalue weighted by Gasteiger charge is -2.36. The number of aliphatic carboxylic acids is 1. The summed E-state index contributed by atoms with van der Waals surface area (Å²) in [5, 5.41) is 9.04. The van der Waals surface area contributed by atoms with E-state index in [0.29, 0.717) is 12.8 Å². The Morgan fingerprint density at radius 3 is 2.32 bits per heavy atom. The van der Waals surface area contributed by atoms with Crippen LogP contribution in [0.5, 0.6) is 0 Å². The Morgan fingerprint density at radius 2 is 1.68 bits per heavy atom. The second-order valence-corrected chi connectivity index (χ2v) is 7.21. The number of carbonyl (C=O) groups excluding carboxylic acids is 1. The van der Waals surface area contributed by atoms with Gasteiger partial charge in [0.1, 0.15) is 0 Å². The number of carboxylic acids is 1. The maximum absolute atomic E-state index is 12.6. The molecule has 1 unspecified atom stereocenters. The van der Waals surface area contributed by atoms with E-state index in [2.05, 4.69) is 0 Å². The summed E-state index contributed by atoms with van der Waals surface area (Å²) in [6.07, 6.45) is 7.59. The van der Waals surface area contributed by atoms with E-state index in [4.69, 9.17) is 9.84 Å². The summed E-state index contributed by atoms with van der Waals surface area (Å²) in [7, 11) is 0. The van der Waals surface area contributed by atoms with Crippen molar-refractivity contribution in [2.75, 3.05) is 19.7 Å². The first-order valence-electron chi connectivity index (χ1n) is 8.76. The molecular formula is C17H27NO4. The SMILES string of the molecule is O=C(O)C1CCC(C(=O)N2CCCC(OCC3CC3)C2)CC1. The van der Waals surface area contributed by atoms with Crippen LogP contribution in [0, 0.1) is 17.8 Å². The van der Waals surface area contributed by atoms with Crippen LogP contribution in [-0.2, 0) is 14.3 Å². The summed E-state index contributed by atoms with van der Waals surface area (Å²) in [6.45, 7) is 2.42. The van der Waals surface area contributed by atoms with Gasteiger partial charge in [-0.15, -0.1) is 0 Å². The monoisotopic (exact) mass is 309 g/mol. The van der Waals surface area contributed by atoms with Crippen LogP contribution in [-0.4, -0.2) is 47.7 Å². The van der Waals surface area contributed by atoms with Gasteiger partial charge in [-0.1, -0.05) is 0 Å². The van der Waals surface area contributed by atoms with Gasteiger partial charge >= 0.3 is 5.97 Å². The Morgan fingerprint density at radius 1 is 1.00 bits per heavy atom. The highest BCUT2D eigenvalue weighted by Crippen LogP contribution is 2.32. The molecule has 0 radical (unpaired) electrons. The molecule has 1 N–H and O–H groups in total. The number of likely N-dealkylation sites (tertiary alicyclic amines) is 1. The highest BCUT2D eigenvalue weighted by Gasteiger charge is 2.34. The van der Waals surface area contributed by atoms with Crippen LogP contribution in [0.3, 0.4) is 0 Å². The van der Waals surface area contributed by atoms with E-state index in [1.54, 1.807) is 0 Å². The van der Waals surface area contributed by atoms with Gasteiger partial charge < -0.3 is 14.7 Å². The number of carboxylic acid groups (broad SMARTS) is 1. The number of carbonyl (C=O) groups is 2. The molecule has 1 heterocycles. The number of amides is 1. The average molecular weight is 309 g/mol. The molecule has 3 rings (SSSR count). The number of nitrogens with zero attached hydrogens (tertiary/aromatic N) is 1. The number of ether oxygens (including phenoxy) is 1. The third-order valence-electron chi connectivity index (χ3n) is 5.38. The van der Waals surface area contributed by atoms with Crippen LogP contribution in [0.1, 0.15) is 51.4 Å². The number of piperidine rings is 1. The molecule has 3 aliphatic rings. The molecule has 1 saturated heterocycles. The molecule has 22 heavy (non-hydrogen) atoms. The lowest BCUT2D eigenvalue weighted by molar-refractivity contribution is -0.147. The van der Waals surface area contributed by atoms with Crippen LogP contribution in [0.15, 0.2) is 0 Å². The maximum atomic E-state index is 12.6. The average Bonchev–Trinajstić information content (AvgIpc) is 3.37. The maximum Gasteiger partial charge on any atom is 0.306 e. The highest BCUT2D eigenvalue weighted by atomic mass is 16.5. The number of rotatable bonds is 5. The van der Waals surface area contributed by atoms with Crippen molar-refractivity contribution in [3.63, 3.8) is 0 Å². The summed E-state index contributed by atoms with van der Waals surface area (Å²) in [5.41, 5.74) is 0. The van der Waals surface area contributed by atoms with E-state index in [1.165, 1.54) is 12.8 Å². The van der Waals surface area contributed by atoms with E-state index < -0.39 is 5.97 Å². The molecule has 5 nitrogen and oxygen atoms in total. The van der Waals surface area contributed by atoms with Crippen molar-refractivity contribution in [2.45, 2.75) is 57.5 Å². The van der Waals surface area contributed by atoms with Gasteiger partial charge in [-0.25, -0.2) is 0 Å². The molecule has 1 atom stereocenters. The quantitative estimate of drug-likeness (QED) is 0.846. The summed E-state index contributed by atoms with van der Waals surface area (Å²) >= 11 is 0. The first-order valence-corrected chi connectivity index (χ1v) is 8.76. The standard InChI is InChI=1S/C17H27NO4/c19-16(13-5-7-14(8-6-13)17(20)21)18-9-1-2-15(10-18)22-11-12-3-4-12/h12-15H,1-11H2,(H,20,21). The van der Waals surface area contributed by atoms with Crippen molar-refractivity contribution in [3.8, 4) is 0 Å². The molecule has 1 amide bonds. The van der Waals surface area contributed by atoms with Crippen LogP contribution in [0.4, 0.5) is 0 Å². The van der Waals surface area contributed by atoms with Crippen molar-refractivity contribution in [1.82, 2.24) is 4.90 Å². The first-order chi connectivity index (χ1) is 10.6. The van der Waals surface area contributed by atoms with E-state index in [0.717, 1.165) is 51.3 Å². The van der Waals surface area contributed by atoms with Crippen LogP contribution >= 0.6 is 0 Å². The fourth-order valence-electron chi connectivity index (χ4n) is 3.68. The molecule has 0 aromatic heterocycles. The second kappa shape index (κ2) is 6.99. The minimum atomic E-state index is -0.711. The largest absolute Gasteiger partial charge is 0.481 e. The molecule has 0 spiro atoms. The molecule has 3 fully saturated rings. The van der Waals surface area contributed by atoms with Crippen molar-refractivity contribution in [1.29, 1.82) is 0 Å². The molecule has 2 aliphatic carbocycles. The van der Waals surface area contributed by atoms with Crippen molar-refractivity contribution >= 4 is 11.9 Å². The first kappa shape index (κ1) is 15.8. The van der Waals surface area contributed by atoms with E-state index in [9.17, 15) is 9.59 Å². The second-order valence-electron chi connectivity index (χ2n) is 7.21. The zero-order chi connectivity index (χ0) is 15.5. The molecule has 1 aliphatic heterocycles. The topological polar surface area (TPSA) is 66.8 Å². The van der Waals surface area contributed by atoms with Gasteiger partial charge in [-0.05, 0) is 57.3 Å². The predicted octanol–water partition coefficient (Wildman–Crippen LogP) is 2.29. The summed E-state index contributed by atoms with van der Waals surface area (Å²) in [5.74, 6) is 0.0520. The highest BCUT2D eigenvalue weighted by molar-refractivity contribution is 5.79. The predicted molar refractivity (Wildman–Crippen MR) is 81.4 cm³/mol. The summed E-state index contributed by atoms with van der Waals surface area (Å²) in [4.78, 5) is 25.6. The zero-order valence-electron chi connectivity index (χ0n) is 13.2. The van der Waals surface area contributed by atoms with Gasteiger partial charge in [0.05, 0.1) is 12.0 Å². The van der Waals surface area contributed by atoms with Gasteiger partial charge in [0, 0.05) is 25.6 Å². The van der Waals surface area contributed by atoms with Gasteiger partial charge in [-0.3, -0.25) is 9.59 Å². The Balaban J connectivity index is 1.45. The summed E-state index contributed by atoms with van der Waals surface area (Å²) in [6, 6.07) is 0. The van der Waals surface area contributed by atoms with Gasteiger partial charge in [0.2, 0.25) is 5.91 Å². The van der Waals surface area contributed by atoms with Gasteiger partial charge in [0.15, 0.2) is 0 Å². The lowest BCUT2D eigenvalue weighted by Crippen LogP contribution is -2.46. The summed E-state index contributed by atoms with van der Waals surface area (Å²) < 4.78 is 5.95. The van der Waals surface area contributed by atoms with E-state index >= 15 is 0 Å². The van der Waals surface area contributed by atoms with Crippen LogP contribution in [0.2, 0.25) is 0 Å². The third kappa shape index (κ3) is 4.00. The van der Waals surface area contributed by atoms with Gasteiger partial charge in [-0.2, -0.15) is 0 Å². The molecular weight excluding hydrogens is 282 g/mol. The Labute approximate surface area is 132 Å². The molecule has 124 valence electrons. The molecule has 0 bridgehead atoms. The third-order valence-corrected chi connectivity index (χ3v) is 5.38. The van der Waals surface area contributed by atoms with Crippen LogP contribution in [0.25, 0.3) is 0 Å². The molecule has 5 heteroatoms. The number of hydrogen-bond acceptors (Lipinski definition) is 3. The lowest BCUT2D eigenvalue weighted by atomic mass is 9.81. The normalized spacial score (nSPS) is 32.7. The Bertz CT molecular complexity index is 413. The Kier molecular flexibility index (Phi) is 5.01. The van der Waals surface area contributed by atoms with Crippen molar-refractivity contribution in [2.24, 2.45) is 17.8 Å². The minimum absolute atomic E-state index is 0.0257. The molecule has 0 aromatic carbocycles. The Hall–Kier alpha value is -1.10. The molecule has 0 aromatic rings. The van der Waals surface area contributed by atoms with Crippen molar-refractivity contribution < 1.29 is 19.4 Å². The zero-order valence-corrected chi connectivity index (χ0v) is 13.2. The fourth-order valence-corrected chi connectivity index (χ4v) is 3.68. The van der Waals surface area contributed by atoms with Crippen molar-refractivity contribution in [3.05, 3.63) is 0 Å².